The number of hydrogen-bond donors (Lipinski definition) is 0. The highest BCUT2D eigenvalue weighted by Crippen LogP contribution is 2.25. The van der Waals surface area contributed by atoms with Crippen LogP contribution in [0.3, 0.4) is 0 Å². The average Bonchev–Trinajstić information content (AvgIpc) is 2.71. The van der Waals surface area contributed by atoms with Gasteiger partial charge in [0.05, 0.1) is 0 Å². The Hall–Kier alpha value is -0.870. The molecule has 84 valence electrons. The minimum Gasteiger partial charge on any atom is -0.337 e. The molecule has 1 aromatic carbocycles. The van der Waals surface area contributed by atoms with Gasteiger partial charge < -0.3 is 4.52 Å². The Bertz CT molecular complexity index is 510. The van der Waals surface area contributed by atoms with Crippen LogP contribution in [0.15, 0.2) is 27.2 Å². The summed E-state index contributed by atoms with van der Waals surface area (Å²) in [4.78, 5) is 4.22. The number of halogens is 2. The first-order chi connectivity index (χ1) is 7.58. The third kappa shape index (κ3) is 2.28. The summed E-state index contributed by atoms with van der Waals surface area (Å²) in [7, 11) is 0. The van der Waals surface area contributed by atoms with Crippen LogP contribution in [0.5, 0.6) is 0 Å². The minimum atomic E-state index is -0.268. The summed E-state index contributed by atoms with van der Waals surface area (Å²) >= 11 is 9.32. The van der Waals surface area contributed by atoms with Crippen molar-refractivity contribution in [1.29, 1.82) is 0 Å². The molecule has 0 aliphatic rings. The van der Waals surface area contributed by atoms with Crippen LogP contribution in [0.4, 0.5) is 0 Å². The van der Waals surface area contributed by atoms with Gasteiger partial charge in [-0.3, -0.25) is 0 Å². The molecular formula is C11H10BrClN2O. The van der Waals surface area contributed by atoms with Crippen LogP contribution in [0.2, 0.25) is 0 Å². The highest BCUT2D eigenvalue weighted by atomic mass is 79.9. The van der Waals surface area contributed by atoms with Gasteiger partial charge in [0.2, 0.25) is 11.7 Å². The normalized spacial score (nSPS) is 12.8. The Morgan fingerprint density at radius 3 is 2.75 bits per heavy atom. The van der Waals surface area contributed by atoms with Crippen LogP contribution >= 0.6 is 27.5 Å². The molecule has 0 spiro atoms. The van der Waals surface area contributed by atoms with Crippen molar-refractivity contribution in [2.45, 2.75) is 19.2 Å². The van der Waals surface area contributed by atoms with Gasteiger partial charge in [-0.2, -0.15) is 4.98 Å². The standard InChI is InChI=1S/C11H10BrClN2O/c1-6-3-4-8(5-9(6)12)10-14-11(7(2)13)16-15-10/h3-5,7H,1-2H3. The number of aromatic nitrogens is 2. The summed E-state index contributed by atoms with van der Waals surface area (Å²) in [5, 5.41) is 3.62. The Kier molecular flexibility index (Phi) is 3.30. The molecule has 0 bridgehead atoms. The summed E-state index contributed by atoms with van der Waals surface area (Å²) in [5.41, 5.74) is 2.07. The van der Waals surface area contributed by atoms with Crippen molar-refractivity contribution in [1.82, 2.24) is 10.1 Å². The number of hydrogen-bond acceptors (Lipinski definition) is 3. The van der Waals surface area contributed by atoms with E-state index >= 15 is 0 Å². The molecule has 1 aromatic heterocycles. The second kappa shape index (κ2) is 4.55. The van der Waals surface area contributed by atoms with Crippen LogP contribution in [0, 0.1) is 6.92 Å². The van der Waals surface area contributed by atoms with Crippen LogP contribution in [-0.4, -0.2) is 10.1 Å². The molecule has 1 atom stereocenters. The summed E-state index contributed by atoms with van der Waals surface area (Å²) in [6.07, 6.45) is 0. The van der Waals surface area contributed by atoms with E-state index in [1.165, 1.54) is 0 Å². The van der Waals surface area contributed by atoms with E-state index in [0.717, 1.165) is 15.6 Å². The lowest BCUT2D eigenvalue weighted by Gasteiger charge is -1.99. The van der Waals surface area contributed by atoms with E-state index in [4.69, 9.17) is 16.1 Å². The summed E-state index contributed by atoms with van der Waals surface area (Å²) in [6.45, 7) is 3.82. The number of benzene rings is 1. The SMILES string of the molecule is Cc1ccc(-c2noc(C(C)Cl)n2)cc1Br. The fraction of sp³-hybridized carbons (Fsp3) is 0.273. The van der Waals surface area contributed by atoms with Crippen molar-refractivity contribution < 1.29 is 4.52 Å². The Balaban J connectivity index is 2.39. The fourth-order valence-corrected chi connectivity index (χ4v) is 1.71. The van der Waals surface area contributed by atoms with E-state index in [2.05, 4.69) is 26.1 Å². The Morgan fingerprint density at radius 2 is 2.19 bits per heavy atom. The van der Waals surface area contributed by atoms with E-state index in [9.17, 15) is 0 Å². The second-order valence-corrected chi connectivity index (χ2v) is 5.05. The molecule has 0 saturated carbocycles. The molecule has 0 aliphatic carbocycles. The van der Waals surface area contributed by atoms with Gasteiger partial charge in [0.25, 0.3) is 0 Å². The van der Waals surface area contributed by atoms with Crippen molar-refractivity contribution in [2.75, 3.05) is 0 Å². The predicted molar refractivity (Wildman–Crippen MR) is 66.4 cm³/mol. The van der Waals surface area contributed by atoms with E-state index in [-0.39, 0.29) is 5.38 Å². The average molecular weight is 302 g/mol. The number of alkyl halides is 1. The number of rotatable bonds is 2. The maximum Gasteiger partial charge on any atom is 0.244 e. The van der Waals surface area contributed by atoms with Crippen LogP contribution in [0.1, 0.15) is 23.8 Å². The Labute approximate surface area is 107 Å². The molecule has 0 N–H and O–H groups in total. The van der Waals surface area contributed by atoms with Crippen LogP contribution in [-0.2, 0) is 0 Å². The largest absolute Gasteiger partial charge is 0.337 e. The molecule has 3 nitrogen and oxygen atoms in total. The minimum absolute atomic E-state index is 0.268. The van der Waals surface area contributed by atoms with Crippen molar-refractivity contribution in [3.8, 4) is 11.4 Å². The lowest BCUT2D eigenvalue weighted by molar-refractivity contribution is 0.379. The van der Waals surface area contributed by atoms with E-state index in [1.54, 1.807) is 6.92 Å². The third-order valence-corrected chi connectivity index (χ3v) is 3.25. The summed E-state index contributed by atoms with van der Waals surface area (Å²) in [6, 6.07) is 5.91. The van der Waals surface area contributed by atoms with Gasteiger partial charge in [-0.15, -0.1) is 11.6 Å². The number of nitrogens with zero attached hydrogens (tertiary/aromatic N) is 2. The molecular weight excluding hydrogens is 291 g/mol. The zero-order valence-corrected chi connectivity index (χ0v) is 11.2. The van der Waals surface area contributed by atoms with Crippen molar-refractivity contribution in [2.24, 2.45) is 0 Å². The first-order valence-electron chi connectivity index (χ1n) is 4.82. The monoisotopic (exact) mass is 300 g/mol. The van der Waals surface area contributed by atoms with Crippen molar-refractivity contribution in [3.63, 3.8) is 0 Å². The molecule has 2 rings (SSSR count). The van der Waals surface area contributed by atoms with E-state index in [1.807, 2.05) is 25.1 Å². The van der Waals surface area contributed by atoms with Gasteiger partial charge in [-0.25, -0.2) is 0 Å². The molecule has 0 radical (unpaired) electrons. The molecule has 2 aromatic rings. The van der Waals surface area contributed by atoms with Crippen molar-refractivity contribution >= 4 is 27.5 Å². The molecule has 0 aliphatic heterocycles. The number of aryl methyl sites for hydroxylation is 1. The second-order valence-electron chi connectivity index (χ2n) is 3.54. The lowest BCUT2D eigenvalue weighted by Crippen LogP contribution is -1.85. The highest BCUT2D eigenvalue weighted by molar-refractivity contribution is 9.10. The third-order valence-electron chi connectivity index (χ3n) is 2.21. The summed E-state index contributed by atoms with van der Waals surface area (Å²) < 4.78 is 6.07. The Morgan fingerprint density at radius 1 is 1.44 bits per heavy atom. The predicted octanol–water partition coefficient (Wildman–Crippen LogP) is 4.11. The maximum absolute atomic E-state index is 5.85. The zero-order valence-electron chi connectivity index (χ0n) is 8.87. The van der Waals surface area contributed by atoms with Gasteiger partial charge in [0.15, 0.2) is 0 Å². The molecule has 0 fully saturated rings. The molecule has 0 amide bonds. The quantitative estimate of drug-likeness (QED) is 0.784. The summed E-state index contributed by atoms with van der Waals surface area (Å²) in [5.74, 6) is 0.997. The topological polar surface area (TPSA) is 38.9 Å². The van der Waals surface area contributed by atoms with Gasteiger partial charge in [-0.1, -0.05) is 33.2 Å². The van der Waals surface area contributed by atoms with E-state index < -0.39 is 0 Å². The smallest absolute Gasteiger partial charge is 0.244 e. The van der Waals surface area contributed by atoms with Crippen LogP contribution < -0.4 is 0 Å². The van der Waals surface area contributed by atoms with Gasteiger partial charge in [0, 0.05) is 10.0 Å². The fourth-order valence-electron chi connectivity index (χ4n) is 1.25. The molecule has 1 heterocycles. The lowest BCUT2D eigenvalue weighted by atomic mass is 10.1. The molecule has 1 unspecified atom stereocenters. The first kappa shape index (κ1) is 11.6. The molecule has 16 heavy (non-hydrogen) atoms. The zero-order chi connectivity index (χ0) is 11.7. The van der Waals surface area contributed by atoms with Gasteiger partial charge in [-0.05, 0) is 25.5 Å². The van der Waals surface area contributed by atoms with Gasteiger partial charge >= 0.3 is 0 Å². The van der Waals surface area contributed by atoms with Crippen molar-refractivity contribution in [3.05, 3.63) is 34.1 Å². The maximum atomic E-state index is 5.85. The highest BCUT2D eigenvalue weighted by Gasteiger charge is 2.13. The molecule has 5 heteroatoms. The molecule has 0 saturated heterocycles. The van der Waals surface area contributed by atoms with E-state index in [0.29, 0.717) is 11.7 Å². The first-order valence-corrected chi connectivity index (χ1v) is 6.05. The van der Waals surface area contributed by atoms with Crippen LogP contribution in [0.25, 0.3) is 11.4 Å². The van der Waals surface area contributed by atoms with Gasteiger partial charge in [0.1, 0.15) is 5.38 Å².